The number of pyridine rings is 1. The molecule has 1 aliphatic rings. The summed E-state index contributed by atoms with van der Waals surface area (Å²) in [5.74, 6) is 0. The number of benzene rings is 1. The van der Waals surface area contributed by atoms with Gasteiger partial charge in [0.25, 0.3) is 0 Å². The molecular formula is C18H23N3. The van der Waals surface area contributed by atoms with E-state index in [0.717, 1.165) is 26.1 Å². The lowest BCUT2D eigenvalue weighted by Crippen LogP contribution is -2.45. The van der Waals surface area contributed by atoms with E-state index in [-0.39, 0.29) is 0 Å². The van der Waals surface area contributed by atoms with Gasteiger partial charge in [0, 0.05) is 31.9 Å². The first-order valence-corrected chi connectivity index (χ1v) is 7.64. The summed E-state index contributed by atoms with van der Waals surface area (Å²) in [6.45, 7) is 5.10. The molecule has 0 spiro atoms. The molecule has 2 aromatic rings. The SMILES string of the molecule is CNCC1Cc2ccccc2CN1Cc1ncccc1C. The molecule has 1 unspecified atom stereocenters. The molecule has 0 aliphatic carbocycles. The lowest BCUT2D eigenvalue weighted by Gasteiger charge is -2.37. The highest BCUT2D eigenvalue weighted by Crippen LogP contribution is 2.24. The van der Waals surface area contributed by atoms with Crippen LogP contribution in [0.4, 0.5) is 0 Å². The fourth-order valence-electron chi connectivity index (χ4n) is 3.14. The number of aromatic nitrogens is 1. The summed E-state index contributed by atoms with van der Waals surface area (Å²) < 4.78 is 0. The van der Waals surface area contributed by atoms with E-state index in [1.165, 1.54) is 22.4 Å². The van der Waals surface area contributed by atoms with Crippen LogP contribution in [0.1, 0.15) is 22.4 Å². The number of hydrogen-bond donors (Lipinski definition) is 1. The average molecular weight is 281 g/mol. The molecule has 110 valence electrons. The lowest BCUT2D eigenvalue weighted by molar-refractivity contribution is 0.158. The monoisotopic (exact) mass is 281 g/mol. The van der Waals surface area contributed by atoms with Crippen LogP contribution < -0.4 is 5.32 Å². The van der Waals surface area contributed by atoms with Gasteiger partial charge < -0.3 is 5.32 Å². The Kier molecular flexibility index (Phi) is 4.32. The van der Waals surface area contributed by atoms with E-state index in [2.05, 4.69) is 52.5 Å². The summed E-state index contributed by atoms with van der Waals surface area (Å²) in [4.78, 5) is 7.11. The third-order valence-electron chi connectivity index (χ3n) is 4.37. The van der Waals surface area contributed by atoms with E-state index >= 15 is 0 Å². The van der Waals surface area contributed by atoms with E-state index in [1.54, 1.807) is 0 Å². The maximum absolute atomic E-state index is 4.56. The number of hydrogen-bond acceptors (Lipinski definition) is 3. The molecule has 0 bridgehead atoms. The minimum Gasteiger partial charge on any atom is -0.318 e. The normalized spacial score (nSPS) is 18.5. The molecule has 1 atom stereocenters. The van der Waals surface area contributed by atoms with Crippen LogP contribution in [0.15, 0.2) is 42.6 Å². The minimum absolute atomic E-state index is 0.534. The van der Waals surface area contributed by atoms with Crippen molar-refractivity contribution in [1.82, 2.24) is 15.2 Å². The van der Waals surface area contributed by atoms with Gasteiger partial charge in [0.1, 0.15) is 0 Å². The second kappa shape index (κ2) is 6.37. The maximum Gasteiger partial charge on any atom is 0.0573 e. The Labute approximate surface area is 127 Å². The first kappa shape index (κ1) is 14.2. The lowest BCUT2D eigenvalue weighted by atomic mass is 9.93. The summed E-state index contributed by atoms with van der Waals surface area (Å²) in [5, 5.41) is 3.34. The highest BCUT2D eigenvalue weighted by atomic mass is 15.2. The molecule has 2 heterocycles. The molecule has 3 rings (SSSR count). The number of fused-ring (bicyclic) bond motifs is 1. The van der Waals surface area contributed by atoms with Crippen LogP contribution >= 0.6 is 0 Å². The molecule has 3 nitrogen and oxygen atoms in total. The Morgan fingerprint density at radius 1 is 1.19 bits per heavy atom. The van der Waals surface area contributed by atoms with Crippen molar-refractivity contribution in [1.29, 1.82) is 0 Å². The zero-order valence-corrected chi connectivity index (χ0v) is 12.8. The van der Waals surface area contributed by atoms with E-state index in [9.17, 15) is 0 Å². The minimum atomic E-state index is 0.534. The zero-order valence-electron chi connectivity index (χ0n) is 12.8. The fourth-order valence-corrected chi connectivity index (χ4v) is 3.14. The molecule has 1 aliphatic heterocycles. The molecular weight excluding hydrogens is 258 g/mol. The summed E-state index contributed by atoms with van der Waals surface area (Å²) in [6.07, 6.45) is 3.01. The Bertz CT molecular complexity index is 609. The van der Waals surface area contributed by atoms with Crippen LogP contribution in [0, 0.1) is 6.92 Å². The Hall–Kier alpha value is -1.71. The molecule has 21 heavy (non-hydrogen) atoms. The van der Waals surface area contributed by atoms with Crippen molar-refractivity contribution in [3.63, 3.8) is 0 Å². The molecule has 3 heteroatoms. The predicted octanol–water partition coefficient (Wildman–Crippen LogP) is 2.54. The number of nitrogens with one attached hydrogen (secondary N) is 1. The van der Waals surface area contributed by atoms with Crippen molar-refractivity contribution in [2.24, 2.45) is 0 Å². The Morgan fingerprint density at radius 2 is 2.00 bits per heavy atom. The molecule has 0 radical (unpaired) electrons. The molecule has 1 N–H and O–H groups in total. The highest BCUT2D eigenvalue weighted by Gasteiger charge is 2.25. The van der Waals surface area contributed by atoms with Gasteiger partial charge in [0.2, 0.25) is 0 Å². The number of likely N-dealkylation sites (N-methyl/N-ethyl adjacent to an activating group) is 1. The molecule has 0 fully saturated rings. The molecule has 0 amide bonds. The summed E-state index contributed by atoms with van der Waals surface area (Å²) >= 11 is 0. The van der Waals surface area contributed by atoms with E-state index in [0.29, 0.717) is 6.04 Å². The van der Waals surface area contributed by atoms with Gasteiger partial charge >= 0.3 is 0 Å². The van der Waals surface area contributed by atoms with Crippen LogP contribution in [-0.2, 0) is 19.5 Å². The summed E-state index contributed by atoms with van der Waals surface area (Å²) in [7, 11) is 2.03. The van der Waals surface area contributed by atoms with Crippen LogP contribution in [0.5, 0.6) is 0 Å². The average Bonchev–Trinajstić information content (AvgIpc) is 2.50. The first-order valence-electron chi connectivity index (χ1n) is 7.64. The van der Waals surface area contributed by atoms with Gasteiger partial charge in [-0.05, 0) is 43.1 Å². The summed E-state index contributed by atoms with van der Waals surface area (Å²) in [5.41, 5.74) is 5.42. The van der Waals surface area contributed by atoms with Crippen LogP contribution in [0.2, 0.25) is 0 Å². The van der Waals surface area contributed by atoms with Crippen molar-refractivity contribution in [2.45, 2.75) is 32.5 Å². The number of aryl methyl sites for hydroxylation is 1. The van der Waals surface area contributed by atoms with Crippen LogP contribution in [0.3, 0.4) is 0 Å². The van der Waals surface area contributed by atoms with Crippen molar-refractivity contribution >= 4 is 0 Å². The third-order valence-corrected chi connectivity index (χ3v) is 4.37. The number of nitrogens with zero attached hydrogens (tertiary/aromatic N) is 2. The standard InChI is InChI=1S/C18H23N3/c1-14-6-5-9-20-18(14)13-21-12-16-8-4-3-7-15(16)10-17(21)11-19-2/h3-9,17,19H,10-13H2,1-2H3. The van der Waals surface area contributed by atoms with Gasteiger partial charge in [0.15, 0.2) is 0 Å². The first-order chi connectivity index (χ1) is 10.3. The zero-order chi connectivity index (χ0) is 14.7. The highest BCUT2D eigenvalue weighted by molar-refractivity contribution is 5.30. The number of rotatable bonds is 4. The van der Waals surface area contributed by atoms with Crippen LogP contribution in [-0.4, -0.2) is 29.5 Å². The molecule has 0 saturated carbocycles. The largest absolute Gasteiger partial charge is 0.318 e. The van der Waals surface area contributed by atoms with Gasteiger partial charge in [-0.1, -0.05) is 30.3 Å². The smallest absolute Gasteiger partial charge is 0.0573 e. The van der Waals surface area contributed by atoms with Gasteiger partial charge in [-0.2, -0.15) is 0 Å². The Morgan fingerprint density at radius 3 is 2.76 bits per heavy atom. The topological polar surface area (TPSA) is 28.2 Å². The van der Waals surface area contributed by atoms with Gasteiger partial charge in [0.05, 0.1) is 5.69 Å². The van der Waals surface area contributed by atoms with Crippen molar-refractivity contribution in [3.8, 4) is 0 Å². The van der Waals surface area contributed by atoms with Gasteiger partial charge in [-0.3, -0.25) is 9.88 Å². The molecule has 1 aromatic heterocycles. The van der Waals surface area contributed by atoms with Crippen molar-refractivity contribution in [3.05, 3.63) is 65.0 Å². The van der Waals surface area contributed by atoms with E-state index in [1.807, 2.05) is 19.3 Å². The summed E-state index contributed by atoms with van der Waals surface area (Å²) in [6, 6.07) is 13.5. The molecule has 1 aromatic carbocycles. The van der Waals surface area contributed by atoms with Gasteiger partial charge in [-0.15, -0.1) is 0 Å². The molecule has 0 saturated heterocycles. The second-order valence-electron chi connectivity index (χ2n) is 5.86. The van der Waals surface area contributed by atoms with E-state index < -0.39 is 0 Å². The van der Waals surface area contributed by atoms with Crippen molar-refractivity contribution < 1.29 is 0 Å². The van der Waals surface area contributed by atoms with Crippen LogP contribution in [0.25, 0.3) is 0 Å². The predicted molar refractivity (Wildman–Crippen MR) is 86.1 cm³/mol. The van der Waals surface area contributed by atoms with Crippen molar-refractivity contribution in [2.75, 3.05) is 13.6 Å². The second-order valence-corrected chi connectivity index (χ2v) is 5.86. The third kappa shape index (κ3) is 3.14. The van der Waals surface area contributed by atoms with E-state index in [4.69, 9.17) is 0 Å². The van der Waals surface area contributed by atoms with Gasteiger partial charge in [-0.25, -0.2) is 0 Å². The quantitative estimate of drug-likeness (QED) is 0.933. The fraction of sp³-hybridized carbons (Fsp3) is 0.389. The Balaban J connectivity index is 1.84. The maximum atomic E-state index is 4.56.